The number of carboxylic acid groups (broad SMARTS) is 1. The molecule has 0 saturated carbocycles. The summed E-state index contributed by atoms with van der Waals surface area (Å²) in [4.78, 5) is 13.2. The standard InChI is InChI=1S/C25H33NO6S/c1-4-6-13-25(5-2)17-26(19-10-8-7-9-11-19)20-15-21(31-3)22(32-14-12-24(27)28)16-23(20)33(29,30)18-25/h7-11,15-16H,4-6,12-14,17-18H2,1-3H3,(H,27,28)/t25-/m1/s1. The zero-order valence-corrected chi connectivity index (χ0v) is 20.4. The highest BCUT2D eigenvalue weighted by molar-refractivity contribution is 7.91. The van der Waals surface area contributed by atoms with Crippen LogP contribution in [0.4, 0.5) is 11.4 Å². The second kappa shape index (κ2) is 10.5. The monoisotopic (exact) mass is 475 g/mol. The number of hydrogen-bond acceptors (Lipinski definition) is 6. The molecule has 33 heavy (non-hydrogen) atoms. The van der Waals surface area contributed by atoms with Crippen LogP contribution in [0.15, 0.2) is 47.4 Å². The van der Waals surface area contributed by atoms with Crippen LogP contribution < -0.4 is 14.4 Å². The lowest BCUT2D eigenvalue weighted by atomic mass is 9.81. The number of ether oxygens (including phenoxy) is 2. The summed E-state index contributed by atoms with van der Waals surface area (Å²) in [6.07, 6.45) is 3.31. The average Bonchev–Trinajstić information content (AvgIpc) is 2.90. The fraction of sp³-hybridized carbons (Fsp3) is 0.480. The number of para-hydroxylation sites is 1. The van der Waals surface area contributed by atoms with Crippen molar-refractivity contribution in [2.75, 3.05) is 30.9 Å². The van der Waals surface area contributed by atoms with E-state index in [1.165, 1.54) is 13.2 Å². The van der Waals surface area contributed by atoms with Gasteiger partial charge in [0.2, 0.25) is 0 Å². The van der Waals surface area contributed by atoms with Crippen LogP contribution in [0.5, 0.6) is 11.5 Å². The number of methoxy groups -OCH3 is 1. The van der Waals surface area contributed by atoms with Gasteiger partial charge in [-0.25, -0.2) is 8.42 Å². The molecule has 0 bridgehead atoms. The van der Waals surface area contributed by atoms with Gasteiger partial charge in [-0.15, -0.1) is 0 Å². The molecule has 1 aliphatic rings. The van der Waals surface area contributed by atoms with Crippen molar-refractivity contribution in [2.24, 2.45) is 5.41 Å². The minimum atomic E-state index is -3.65. The quantitative estimate of drug-likeness (QED) is 0.513. The maximum absolute atomic E-state index is 13.7. The van der Waals surface area contributed by atoms with Crippen molar-refractivity contribution >= 4 is 27.2 Å². The number of nitrogens with zero attached hydrogens (tertiary/aromatic N) is 1. The van der Waals surface area contributed by atoms with E-state index >= 15 is 0 Å². The molecule has 1 aliphatic heterocycles. The molecule has 0 spiro atoms. The fourth-order valence-electron chi connectivity index (χ4n) is 4.39. The van der Waals surface area contributed by atoms with E-state index in [9.17, 15) is 13.2 Å². The van der Waals surface area contributed by atoms with Crippen LogP contribution in [0.3, 0.4) is 0 Å². The third-order valence-electron chi connectivity index (χ3n) is 6.31. The van der Waals surface area contributed by atoms with E-state index in [1.54, 1.807) is 6.07 Å². The van der Waals surface area contributed by atoms with E-state index in [0.717, 1.165) is 31.4 Å². The molecule has 8 heteroatoms. The molecule has 180 valence electrons. The number of benzene rings is 2. The molecule has 2 aromatic carbocycles. The summed E-state index contributed by atoms with van der Waals surface area (Å²) < 4.78 is 38.6. The average molecular weight is 476 g/mol. The van der Waals surface area contributed by atoms with Gasteiger partial charge in [0.1, 0.15) is 0 Å². The van der Waals surface area contributed by atoms with Gasteiger partial charge in [0.15, 0.2) is 21.3 Å². The smallest absolute Gasteiger partial charge is 0.306 e. The second-order valence-electron chi connectivity index (χ2n) is 8.60. The molecule has 1 heterocycles. The molecule has 7 nitrogen and oxygen atoms in total. The summed E-state index contributed by atoms with van der Waals surface area (Å²) in [5.41, 5.74) is 1.06. The van der Waals surface area contributed by atoms with E-state index in [1.807, 2.05) is 30.3 Å². The molecule has 0 radical (unpaired) electrons. The van der Waals surface area contributed by atoms with Gasteiger partial charge in [-0.3, -0.25) is 4.79 Å². The number of carboxylic acids is 1. The molecule has 0 amide bonds. The van der Waals surface area contributed by atoms with Crippen molar-refractivity contribution in [3.63, 3.8) is 0 Å². The maximum Gasteiger partial charge on any atom is 0.306 e. The van der Waals surface area contributed by atoms with E-state index in [-0.39, 0.29) is 29.4 Å². The zero-order valence-electron chi connectivity index (χ0n) is 19.5. The third kappa shape index (κ3) is 5.61. The maximum atomic E-state index is 13.7. The van der Waals surface area contributed by atoms with Crippen molar-refractivity contribution in [1.82, 2.24) is 0 Å². The van der Waals surface area contributed by atoms with Gasteiger partial charge in [-0.1, -0.05) is 44.9 Å². The highest BCUT2D eigenvalue weighted by Crippen LogP contribution is 2.47. The van der Waals surface area contributed by atoms with Crippen molar-refractivity contribution < 1.29 is 27.8 Å². The molecular formula is C25H33NO6S. The summed E-state index contributed by atoms with van der Waals surface area (Å²) in [5, 5.41) is 8.93. The van der Waals surface area contributed by atoms with E-state index in [0.29, 0.717) is 18.0 Å². The molecule has 1 N–H and O–H groups in total. The molecule has 0 fully saturated rings. The minimum absolute atomic E-state index is 0.0493. The molecule has 0 unspecified atom stereocenters. The molecule has 0 aromatic heterocycles. The molecular weight excluding hydrogens is 442 g/mol. The van der Waals surface area contributed by atoms with E-state index < -0.39 is 21.2 Å². The largest absolute Gasteiger partial charge is 0.493 e. The van der Waals surface area contributed by atoms with Crippen molar-refractivity contribution in [3.8, 4) is 11.5 Å². The Morgan fingerprint density at radius 1 is 1.15 bits per heavy atom. The van der Waals surface area contributed by atoms with Gasteiger partial charge in [0.25, 0.3) is 0 Å². The Bertz CT molecular complexity index is 1070. The van der Waals surface area contributed by atoms with Crippen molar-refractivity contribution in [1.29, 1.82) is 0 Å². The van der Waals surface area contributed by atoms with E-state index in [2.05, 4.69) is 18.7 Å². The van der Waals surface area contributed by atoms with Crippen LogP contribution in [0.25, 0.3) is 0 Å². The van der Waals surface area contributed by atoms with Crippen LogP contribution in [-0.2, 0) is 14.6 Å². The van der Waals surface area contributed by atoms with Gasteiger partial charge >= 0.3 is 5.97 Å². The second-order valence-corrected chi connectivity index (χ2v) is 10.6. The number of unbranched alkanes of at least 4 members (excludes halogenated alkanes) is 1. The number of fused-ring (bicyclic) bond motifs is 1. The summed E-state index contributed by atoms with van der Waals surface area (Å²) in [5.74, 6) is -0.344. The highest BCUT2D eigenvalue weighted by Gasteiger charge is 2.42. The van der Waals surface area contributed by atoms with E-state index in [4.69, 9.17) is 14.6 Å². The summed E-state index contributed by atoms with van der Waals surface area (Å²) in [6.45, 7) is 4.67. The Hall–Kier alpha value is -2.74. The highest BCUT2D eigenvalue weighted by atomic mass is 32.2. The minimum Gasteiger partial charge on any atom is -0.493 e. The van der Waals surface area contributed by atoms with Gasteiger partial charge < -0.3 is 19.5 Å². The fourth-order valence-corrected chi connectivity index (χ4v) is 6.57. The number of hydrogen-bond donors (Lipinski definition) is 1. The molecule has 0 saturated heterocycles. The van der Waals surface area contributed by atoms with Gasteiger partial charge in [0.05, 0.1) is 36.5 Å². The molecule has 3 rings (SSSR count). The van der Waals surface area contributed by atoms with Crippen LogP contribution in [0, 0.1) is 5.41 Å². The first-order valence-corrected chi connectivity index (χ1v) is 13.0. The number of aliphatic carboxylic acids is 1. The third-order valence-corrected chi connectivity index (χ3v) is 8.30. The molecule has 2 aromatic rings. The summed E-state index contributed by atoms with van der Waals surface area (Å²) in [6, 6.07) is 13.0. The summed E-state index contributed by atoms with van der Waals surface area (Å²) >= 11 is 0. The van der Waals surface area contributed by atoms with Crippen LogP contribution in [-0.4, -0.2) is 45.5 Å². The Kier molecular flexibility index (Phi) is 7.89. The topological polar surface area (TPSA) is 93.1 Å². The summed E-state index contributed by atoms with van der Waals surface area (Å²) in [7, 11) is -2.16. The predicted molar refractivity (Wildman–Crippen MR) is 128 cm³/mol. The lowest BCUT2D eigenvalue weighted by molar-refractivity contribution is -0.137. The van der Waals surface area contributed by atoms with Crippen molar-refractivity contribution in [3.05, 3.63) is 42.5 Å². The number of sulfone groups is 1. The molecule has 1 atom stereocenters. The number of rotatable bonds is 10. The SMILES string of the molecule is CCCC[C@]1(CC)CN(c2ccccc2)c2cc(OC)c(OCCC(=O)O)cc2S(=O)(=O)C1. The number of anilines is 2. The first kappa shape index (κ1) is 24.9. The normalized spacial score (nSPS) is 19.4. The van der Waals surface area contributed by atoms with Gasteiger partial charge in [0, 0.05) is 29.8 Å². The predicted octanol–water partition coefficient (Wildman–Crippen LogP) is 5.06. The van der Waals surface area contributed by atoms with Gasteiger partial charge in [-0.05, 0) is 25.0 Å². The Balaban J connectivity index is 2.18. The lowest BCUT2D eigenvalue weighted by Gasteiger charge is -2.36. The van der Waals surface area contributed by atoms with Gasteiger partial charge in [-0.2, -0.15) is 0 Å². The molecule has 0 aliphatic carbocycles. The van der Waals surface area contributed by atoms with Crippen molar-refractivity contribution in [2.45, 2.75) is 50.8 Å². The van der Waals surface area contributed by atoms with Crippen LogP contribution in [0.2, 0.25) is 0 Å². The van der Waals surface area contributed by atoms with Crippen LogP contribution in [0.1, 0.15) is 46.0 Å². The Labute approximate surface area is 196 Å². The Morgan fingerprint density at radius 2 is 1.88 bits per heavy atom. The zero-order chi connectivity index (χ0) is 24.1. The number of carbonyl (C=O) groups is 1. The first-order chi connectivity index (χ1) is 15.7. The Morgan fingerprint density at radius 3 is 2.48 bits per heavy atom. The van der Waals surface area contributed by atoms with Crippen LogP contribution >= 0.6 is 0 Å². The first-order valence-electron chi connectivity index (χ1n) is 11.4. The lowest BCUT2D eigenvalue weighted by Crippen LogP contribution is -2.37.